The van der Waals surface area contributed by atoms with Crippen molar-refractivity contribution in [2.24, 2.45) is 0 Å². The lowest BCUT2D eigenvalue weighted by Gasteiger charge is -2.12. The van der Waals surface area contributed by atoms with Crippen LogP contribution in [0.4, 0.5) is 5.69 Å². The zero-order valence-electron chi connectivity index (χ0n) is 10.3. The molecule has 0 heterocycles. The standard InChI is InChI=1S/C13H22N2O/c1-3-9-14-10-11-15-12-7-5-6-8-13(12)16-4-2/h5-8,14-15H,3-4,9-11H2,1-2H3. The number of nitrogens with one attached hydrogen (secondary N) is 2. The topological polar surface area (TPSA) is 33.3 Å². The first kappa shape index (κ1) is 12.8. The van der Waals surface area contributed by atoms with Gasteiger partial charge in [-0.1, -0.05) is 19.1 Å². The average molecular weight is 222 g/mol. The van der Waals surface area contributed by atoms with E-state index in [0.29, 0.717) is 6.61 Å². The minimum absolute atomic E-state index is 0.701. The summed E-state index contributed by atoms with van der Waals surface area (Å²) in [5.74, 6) is 0.931. The maximum absolute atomic E-state index is 5.53. The fourth-order valence-electron chi connectivity index (χ4n) is 1.48. The first-order chi connectivity index (χ1) is 7.88. The number of anilines is 1. The van der Waals surface area contributed by atoms with Gasteiger partial charge in [-0.25, -0.2) is 0 Å². The van der Waals surface area contributed by atoms with Gasteiger partial charge in [0.15, 0.2) is 0 Å². The predicted molar refractivity (Wildman–Crippen MR) is 69.3 cm³/mol. The molecule has 1 aromatic rings. The summed E-state index contributed by atoms with van der Waals surface area (Å²) in [7, 11) is 0. The van der Waals surface area contributed by atoms with Gasteiger partial charge in [-0.15, -0.1) is 0 Å². The van der Waals surface area contributed by atoms with Gasteiger partial charge in [-0.2, -0.15) is 0 Å². The van der Waals surface area contributed by atoms with Crippen molar-refractivity contribution in [2.45, 2.75) is 20.3 Å². The molecule has 0 atom stereocenters. The number of rotatable bonds is 8. The highest BCUT2D eigenvalue weighted by molar-refractivity contribution is 5.56. The molecule has 0 bridgehead atoms. The third kappa shape index (κ3) is 4.53. The van der Waals surface area contributed by atoms with Crippen molar-refractivity contribution in [1.29, 1.82) is 0 Å². The number of benzene rings is 1. The summed E-state index contributed by atoms with van der Waals surface area (Å²) in [5, 5.41) is 6.72. The number of hydrogen-bond donors (Lipinski definition) is 2. The Bertz CT molecular complexity index is 289. The van der Waals surface area contributed by atoms with E-state index in [2.05, 4.69) is 17.6 Å². The van der Waals surface area contributed by atoms with Crippen LogP contribution in [0, 0.1) is 0 Å². The van der Waals surface area contributed by atoms with Gasteiger partial charge in [0.2, 0.25) is 0 Å². The molecule has 0 aliphatic rings. The van der Waals surface area contributed by atoms with E-state index in [1.54, 1.807) is 0 Å². The van der Waals surface area contributed by atoms with Crippen LogP contribution in [0.1, 0.15) is 20.3 Å². The third-order valence-electron chi connectivity index (χ3n) is 2.23. The van der Waals surface area contributed by atoms with E-state index in [1.165, 1.54) is 6.42 Å². The van der Waals surface area contributed by atoms with Crippen LogP contribution in [-0.4, -0.2) is 26.2 Å². The van der Waals surface area contributed by atoms with E-state index in [4.69, 9.17) is 4.74 Å². The molecular weight excluding hydrogens is 200 g/mol. The molecule has 0 saturated heterocycles. The van der Waals surface area contributed by atoms with Gasteiger partial charge >= 0.3 is 0 Å². The largest absolute Gasteiger partial charge is 0.492 e. The molecule has 2 N–H and O–H groups in total. The van der Waals surface area contributed by atoms with Crippen molar-refractivity contribution >= 4 is 5.69 Å². The number of ether oxygens (including phenoxy) is 1. The summed E-state index contributed by atoms with van der Waals surface area (Å²) < 4.78 is 5.53. The summed E-state index contributed by atoms with van der Waals surface area (Å²) in [6, 6.07) is 8.05. The van der Waals surface area contributed by atoms with Gasteiger partial charge in [0.05, 0.1) is 12.3 Å². The zero-order chi connectivity index (χ0) is 11.6. The molecule has 3 heteroatoms. The lowest BCUT2D eigenvalue weighted by atomic mass is 10.3. The highest BCUT2D eigenvalue weighted by atomic mass is 16.5. The molecule has 0 amide bonds. The Balaban J connectivity index is 2.34. The fraction of sp³-hybridized carbons (Fsp3) is 0.538. The second-order valence-corrected chi connectivity index (χ2v) is 3.61. The van der Waals surface area contributed by atoms with Crippen LogP contribution in [0.5, 0.6) is 5.75 Å². The third-order valence-corrected chi connectivity index (χ3v) is 2.23. The fourth-order valence-corrected chi connectivity index (χ4v) is 1.48. The van der Waals surface area contributed by atoms with E-state index in [1.807, 2.05) is 31.2 Å². The lowest BCUT2D eigenvalue weighted by Crippen LogP contribution is -2.22. The maximum atomic E-state index is 5.53. The van der Waals surface area contributed by atoms with Crippen molar-refractivity contribution in [3.63, 3.8) is 0 Å². The Hall–Kier alpha value is -1.22. The lowest BCUT2D eigenvalue weighted by molar-refractivity contribution is 0.341. The van der Waals surface area contributed by atoms with Crippen molar-refractivity contribution in [2.75, 3.05) is 31.6 Å². The Morgan fingerprint density at radius 3 is 2.62 bits per heavy atom. The molecule has 3 nitrogen and oxygen atoms in total. The summed E-state index contributed by atoms with van der Waals surface area (Å²) in [5.41, 5.74) is 1.07. The molecule has 1 aromatic carbocycles. The molecule has 0 aliphatic carbocycles. The molecule has 0 radical (unpaired) electrons. The van der Waals surface area contributed by atoms with Gasteiger partial charge in [0.25, 0.3) is 0 Å². The Kier molecular flexibility index (Phi) is 6.42. The molecule has 0 aliphatic heterocycles. The summed E-state index contributed by atoms with van der Waals surface area (Å²) in [6.07, 6.45) is 1.18. The highest BCUT2D eigenvalue weighted by Crippen LogP contribution is 2.22. The maximum Gasteiger partial charge on any atom is 0.142 e. The monoisotopic (exact) mass is 222 g/mol. The van der Waals surface area contributed by atoms with Gasteiger partial charge in [0, 0.05) is 13.1 Å². The average Bonchev–Trinajstić information content (AvgIpc) is 2.31. The van der Waals surface area contributed by atoms with E-state index in [-0.39, 0.29) is 0 Å². The smallest absolute Gasteiger partial charge is 0.142 e. The van der Waals surface area contributed by atoms with Gasteiger partial charge < -0.3 is 15.4 Å². The van der Waals surface area contributed by atoms with Crippen LogP contribution >= 0.6 is 0 Å². The van der Waals surface area contributed by atoms with Crippen LogP contribution in [0.25, 0.3) is 0 Å². The van der Waals surface area contributed by atoms with E-state index in [0.717, 1.165) is 31.1 Å². The number of para-hydroxylation sites is 2. The molecular formula is C13H22N2O. The molecule has 0 spiro atoms. The number of hydrogen-bond acceptors (Lipinski definition) is 3. The first-order valence-corrected chi connectivity index (χ1v) is 6.05. The van der Waals surface area contributed by atoms with Gasteiger partial charge in [-0.3, -0.25) is 0 Å². The van der Waals surface area contributed by atoms with E-state index < -0.39 is 0 Å². The first-order valence-electron chi connectivity index (χ1n) is 6.05. The van der Waals surface area contributed by atoms with Crippen molar-refractivity contribution < 1.29 is 4.74 Å². The SMILES string of the molecule is CCCNCCNc1ccccc1OCC. The van der Waals surface area contributed by atoms with Crippen LogP contribution in [0.15, 0.2) is 24.3 Å². The second-order valence-electron chi connectivity index (χ2n) is 3.61. The molecule has 1 rings (SSSR count). The molecule has 90 valence electrons. The molecule has 0 saturated carbocycles. The molecule has 0 unspecified atom stereocenters. The summed E-state index contributed by atoms with van der Waals surface area (Å²) in [4.78, 5) is 0. The molecule has 0 fully saturated rings. The van der Waals surface area contributed by atoms with E-state index in [9.17, 15) is 0 Å². The Morgan fingerprint density at radius 2 is 1.88 bits per heavy atom. The minimum Gasteiger partial charge on any atom is -0.492 e. The van der Waals surface area contributed by atoms with Crippen LogP contribution in [-0.2, 0) is 0 Å². The van der Waals surface area contributed by atoms with Crippen LogP contribution < -0.4 is 15.4 Å². The zero-order valence-corrected chi connectivity index (χ0v) is 10.3. The van der Waals surface area contributed by atoms with Crippen LogP contribution in [0.2, 0.25) is 0 Å². The summed E-state index contributed by atoms with van der Waals surface area (Å²) >= 11 is 0. The van der Waals surface area contributed by atoms with Crippen molar-refractivity contribution in [3.05, 3.63) is 24.3 Å². The van der Waals surface area contributed by atoms with Gasteiger partial charge in [0.1, 0.15) is 5.75 Å². The quantitative estimate of drug-likeness (QED) is 0.663. The Labute approximate surface area is 98.2 Å². The molecule has 0 aromatic heterocycles. The van der Waals surface area contributed by atoms with Crippen LogP contribution in [0.3, 0.4) is 0 Å². The van der Waals surface area contributed by atoms with Crippen molar-refractivity contribution in [3.8, 4) is 5.75 Å². The Morgan fingerprint density at radius 1 is 1.06 bits per heavy atom. The normalized spacial score (nSPS) is 10.1. The summed E-state index contributed by atoms with van der Waals surface area (Å²) in [6.45, 7) is 7.85. The second kappa shape index (κ2) is 7.99. The van der Waals surface area contributed by atoms with E-state index >= 15 is 0 Å². The van der Waals surface area contributed by atoms with Gasteiger partial charge in [-0.05, 0) is 32.0 Å². The predicted octanol–water partition coefficient (Wildman–Crippen LogP) is 2.50. The van der Waals surface area contributed by atoms with Crippen molar-refractivity contribution in [1.82, 2.24) is 5.32 Å². The highest BCUT2D eigenvalue weighted by Gasteiger charge is 2.00. The molecule has 16 heavy (non-hydrogen) atoms. The minimum atomic E-state index is 0.701.